The molecular formula is C14H25N3O2S. The lowest BCUT2D eigenvalue weighted by atomic mass is 10.1. The first-order valence-electron chi connectivity index (χ1n) is 7.09. The second kappa shape index (κ2) is 5.87. The Morgan fingerprint density at radius 3 is 2.35 bits per heavy atom. The molecule has 1 aromatic rings. The second-order valence-corrected chi connectivity index (χ2v) is 7.76. The Kier molecular flexibility index (Phi) is 4.56. The van der Waals surface area contributed by atoms with Crippen LogP contribution in [0.15, 0.2) is 6.07 Å². The van der Waals surface area contributed by atoms with Crippen molar-refractivity contribution in [3.05, 3.63) is 23.0 Å². The third-order valence-corrected chi connectivity index (χ3v) is 5.69. The summed E-state index contributed by atoms with van der Waals surface area (Å²) < 4.78 is 26.7. The van der Waals surface area contributed by atoms with Crippen LogP contribution in [0.3, 0.4) is 0 Å². The van der Waals surface area contributed by atoms with E-state index in [0.29, 0.717) is 19.1 Å². The minimum atomic E-state index is -3.02. The van der Waals surface area contributed by atoms with Crippen molar-refractivity contribution in [1.29, 1.82) is 0 Å². The van der Waals surface area contributed by atoms with E-state index in [9.17, 15) is 8.42 Å². The van der Waals surface area contributed by atoms with Crippen LogP contribution in [0.5, 0.6) is 0 Å². The van der Waals surface area contributed by atoms with Crippen LogP contribution in [0.4, 0.5) is 0 Å². The van der Waals surface area contributed by atoms with Crippen molar-refractivity contribution in [1.82, 2.24) is 14.2 Å². The Morgan fingerprint density at radius 2 is 1.90 bits per heavy atom. The van der Waals surface area contributed by atoms with Crippen LogP contribution in [0.1, 0.15) is 29.8 Å². The third kappa shape index (κ3) is 3.42. The summed E-state index contributed by atoms with van der Waals surface area (Å²) in [7, 11) is -0.941. The number of sulfonamides is 1. The van der Waals surface area contributed by atoms with E-state index in [1.165, 1.54) is 23.2 Å². The molecule has 0 radical (unpaired) electrons. The van der Waals surface area contributed by atoms with E-state index in [1.807, 2.05) is 0 Å². The molecule has 0 saturated carbocycles. The highest BCUT2D eigenvalue weighted by Crippen LogP contribution is 2.16. The summed E-state index contributed by atoms with van der Waals surface area (Å²) in [5.41, 5.74) is 3.89. The molecule has 1 aliphatic rings. The predicted molar refractivity (Wildman–Crippen MR) is 81.2 cm³/mol. The molecule has 1 aliphatic heterocycles. The maximum absolute atomic E-state index is 11.5. The van der Waals surface area contributed by atoms with Crippen molar-refractivity contribution in [2.24, 2.45) is 7.05 Å². The fraction of sp³-hybridized carbons (Fsp3) is 0.714. The molecule has 0 spiro atoms. The van der Waals surface area contributed by atoms with Gasteiger partial charge in [0.25, 0.3) is 0 Å². The normalized spacial score (nSPS) is 18.6. The van der Waals surface area contributed by atoms with Gasteiger partial charge in [-0.1, -0.05) is 0 Å². The second-order valence-electron chi connectivity index (χ2n) is 5.77. The Hall–Kier alpha value is -0.850. The van der Waals surface area contributed by atoms with Gasteiger partial charge >= 0.3 is 0 Å². The van der Waals surface area contributed by atoms with Gasteiger partial charge in [-0.25, -0.2) is 12.7 Å². The topological polar surface area (TPSA) is 54.3 Å². The van der Waals surface area contributed by atoms with Crippen LogP contribution >= 0.6 is 0 Å². The molecule has 6 heteroatoms. The molecule has 1 aromatic heterocycles. The van der Waals surface area contributed by atoms with E-state index in [2.05, 4.69) is 36.8 Å². The highest BCUT2D eigenvalue weighted by atomic mass is 32.2. The van der Waals surface area contributed by atoms with Crippen LogP contribution < -0.4 is 5.32 Å². The molecule has 0 amide bonds. The van der Waals surface area contributed by atoms with Crippen LogP contribution in [-0.2, 0) is 23.6 Å². The van der Waals surface area contributed by atoms with Crippen molar-refractivity contribution < 1.29 is 8.42 Å². The average molecular weight is 299 g/mol. The molecule has 2 rings (SSSR count). The fourth-order valence-electron chi connectivity index (χ4n) is 2.76. The Balaban J connectivity index is 1.86. The van der Waals surface area contributed by atoms with Crippen molar-refractivity contribution in [2.75, 3.05) is 19.3 Å². The van der Waals surface area contributed by atoms with Gasteiger partial charge in [-0.15, -0.1) is 0 Å². The smallest absolute Gasteiger partial charge is 0.211 e. The molecular weight excluding hydrogens is 274 g/mol. The van der Waals surface area contributed by atoms with E-state index >= 15 is 0 Å². The minimum Gasteiger partial charge on any atom is -0.352 e. The molecule has 0 atom stereocenters. The lowest BCUT2D eigenvalue weighted by Gasteiger charge is -2.30. The standard InChI is InChI=1S/C14H25N3O2S/c1-11-9-13(12(2)16(11)3)10-15-14-5-7-17(8-6-14)20(4,18)19/h9,14-15H,5-8,10H2,1-4H3. The zero-order valence-electron chi connectivity index (χ0n) is 12.8. The first-order valence-corrected chi connectivity index (χ1v) is 8.94. The number of nitrogens with zero attached hydrogens (tertiary/aromatic N) is 2. The van der Waals surface area contributed by atoms with Gasteiger partial charge in [-0.2, -0.15) is 0 Å². The molecule has 114 valence electrons. The zero-order valence-corrected chi connectivity index (χ0v) is 13.6. The monoisotopic (exact) mass is 299 g/mol. The van der Waals surface area contributed by atoms with Gasteiger partial charge in [0.15, 0.2) is 0 Å². The van der Waals surface area contributed by atoms with Gasteiger partial charge in [0.2, 0.25) is 10.0 Å². The summed E-state index contributed by atoms with van der Waals surface area (Å²) >= 11 is 0. The van der Waals surface area contributed by atoms with Crippen LogP contribution in [0, 0.1) is 13.8 Å². The highest BCUT2D eigenvalue weighted by Gasteiger charge is 2.24. The van der Waals surface area contributed by atoms with E-state index in [4.69, 9.17) is 0 Å². The van der Waals surface area contributed by atoms with Gasteiger partial charge in [0, 0.05) is 44.1 Å². The number of piperidine rings is 1. The van der Waals surface area contributed by atoms with Crippen molar-refractivity contribution in [2.45, 2.75) is 39.3 Å². The molecule has 1 fully saturated rings. The largest absolute Gasteiger partial charge is 0.352 e. The third-order valence-electron chi connectivity index (χ3n) is 4.38. The van der Waals surface area contributed by atoms with Crippen molar-refractivity contribution in [3.63, 3.8) is 0 Å². The molecule has 0 aliphatic carbocycles. The van der Waals surface area contributed by atoms with Gasteiger partial charge in [-0.05, 0) is 38.3 Å². The van der Waals surface area contributed by atoms with E-state index in [0.717, 1.165) is 19.4 Å². The fourth-order valence-corrected chi connectivity index (χ4v) is 3.63. The van der Waals surface area contributed by atoms with Crippen LogP contribution in [0.2, 0.25) is 0 Å². The Morgan fingerprint density at radius 1 is 1.30 bits per heavy atom. The number of nitrogens with one attached hydrogen (secondary N) is 1. The van der Waals surface area contributed by atoms with Crippen LogP contribution in [-0.4, -0.2) is 42.7 Å². The zero-order chi connectivity index (χ0) is 14.9. The number of aryl methyl sites for hydroxylation is 1. The molecule has 5 nitrogen and oxygen atoms in total. The van der Waals surface area contributed by atoms with Gasteiger partial charge < -0.3 is 9.88 Å². The highest BCUT2D eigenvalue weighted by molar-refractivity contribution is 7.88. The SMILES string of the molecule is Cc1cc(CNC2CCN(S(C)(=O)=O)CC2)c(C)n1C. The predicted octanol–water partition coefficient (Wildman–Crippen LogP) is 1.16. The summed E-state index contributed by atoms with van der Waals surface area (Å²) in [6.07, 6.45) is 3.06. The van der Waals surface area contributed by atoms with Crippen LogP contribution in [0.25, 0.3) is 0 Å². The summed E-state index contributed by atoms with van der Waals surface area (Å²) in [4.78, 5) is 0. The first kappa shape index (κ1) is 15.5. The van der Waals surface area contributed by atoms with E-state index in [-0.39, 0.29) is 0 Å². The average Bonchev–Trinajstić information content (AvgIpc) is 2.63. The molecule has 0 aromatic carbocycles. The molecule has 1 saturated heterocycles. The molecule has 1 N–H and O–H groups in total. The maximum Gasteiger partial charge on any atom is 0.211 e. The Labute approximate surface area is 122 Å². The molecule has 0 bridgehead atoms. The van der Waals surface area contributed by atoms with E-state index < -0.39 is 10.0 Å². The summed E-state index contributed by atoms with van der Waals surface area (Å²) in [6, 6.07) is 2.63. The maximum atomic E-state index is 11.5. The van der Waals surface area contributed by atoms with E-state index in [1.54, 1.807) is 4.31 Å². The number of aromatic nitrogens is 1. The summed E-state index contributed by atoms with van der Waals surface area (Å²) in [5.74, 6) is 0. The summed E-state index contributed by atoms with van der Waals surface area (Å²) in [6.45, 7) is 6.36. The van der Waals surface area contributed by atoms with Gasteiger partial charge in [0.1, 0.15) is 0 Å². The number of hydrogen-bond donors (Lipinski definition) is 1. The molecule has 2 heterocycles. The minimum absolute atomic E-state index is 0.410. The molecule has 20 heavy (non-hydrogen) atoms. The van der Waals surface area contributed by atoms with Crippen molar-refractivity contribution in [3.8, 4) is 0 Å². The lowest BCUT2D eigenvalue weighted by Crippen LogP contribution is -2.44. The number of hydrogen-bond acceptors (Lipinski definition) is 3. The molecule has 0 unspecified atom stereocenters. The van der Waals surface area contributed by atoms with Crippen molar-refractivity contribution >= 4 is 10.0 Å². The first-order chi connectivity index (χ1) is 9.29. The lowest BCUT2D eigenvalue weighted by molar-refractivity contribution is 0.290. The quantitative estimate of drug-likeness (QED) is 0.907. The van der Waals surface area contributed by atoms with Gasteiger partial charge in [0.05, 0.1) is 6.26 Å². The Bertz CT molecular complexity index is 569. The number of rotatable bonds is 4. The summed E-state index contributed by atoms with van der Waals surface area (Å²) in [5, 5.41) is 3.56. The van der Waals surface area contributed by atoms with Gasteiger partial charge in [-0.3, -0.25) is 0 Å².